The number of aromatic nitrogens is 2. The molecule has 1 N–H and O–H groups in total. The number of hydrogen-bond acceptors (Lipinski definition) is 4. The summed E-state index contributed by atoms with van der Waals surface area (Å²) in [6.07, 6.45) is 3.96. The zero-order valence-corrected chi connectivity index (χ0v) is 13.0. The molecule has 1 aliphatic heterocycles. The SMILES string of the molecule is Cc1cc(C)cc(NC(=O)c2ccnc(N3CCCC3)n2)c1. The van der Waals surface area contributed by atoms with Gasteiger partial charge in [0, 0.05) is 25.0 Å². The summed E-state index contributed by atoms with van der Waals surface area (Å²) in [5.41, 5.74) is 3.44. The first-order chi connectivity index (χ1) is 10.6. The number of carbonyl (C=O) groups excluding carboxylic acids is 1. The number of rotatable bonds is 3. The average Bonchev–Trinajstić information content (AvgIpc) is 3.00. The van der Waals surface area contributed by atoms with Crippen molar-refractivity contribution in [3.63, 3.8) is 0 Å². The summed E-state index contributed by atoms with van der Waals surface area (Å²) in [5.74, 6) is 0.443. The second kappa shape index (κ2) is 6.13. The zero-order chi connectivity index (χ0) is 15.5. The van der Waals surface area contributed by atoms with Crippen LogP contribution >= 0.6 is 0 Å². The highest BCUT2D eigenvalue weighted by Crippen LogP contribution is 2.17. The first-order valence-electron chi connectivity index (χ1n) is 7.59. The zero-order valence-electron chi connectivity index (χ0n) is 13.0. The molecule has 114 valence electrons. The molecule has 1 aromatic carbocycles. The van der Waals surface area contributed by atoms with Crippen LogP contribution in [0.5, 0.6) is 0 Å². The molecule has 1 saturated heterocycles. The van der Waals surface area contributed by atoms with E-state index in [0.29, 0.717) is 11.6 Å². The number of carbonyl (C=O) groups is 1. The van der Waals surface area contributed by atoms with Crippen molar-refractivity contribution in [2.75, 3.05) is 23.3 Å². The van der Waals surface area contributed by atoms with Crippen LogP contribution in [0.2, 0.25) is 0 Å². The molecule has 0 radical (unpaired) electrons. The lowest BCUT2D eigenvalue weighted by atomic mass is 10.1. The number of hydrogen-bond donors (Lipinski definition) is 1. The monoisotopic (exact) mass is 296 g/mol. The Kier molecular flexibility index (Phi) is 4.04. The molecule has 22 heavy (non-hydrogen) atoms. The van der Waals surface area contributed by atoms with Crippen molar-refractivity contribution in [1.29, 1.82) is 0 Å². The van der Waals surface area contributed by atoms with E-state index in [0.717, 1.165) is 42.7 Å². The molecule has 0 spiro atoms. The minimum absolute atomic E-state index is 0.201. The Hall–Kier alpha value is -2.43. The minimum atomic E-state index is -0.201. The van der Waals surface area contributed by atoms with Crippen molar-refractivity contribution in [3.8, 4) is 0 Å². The van der Waals surface area contributed by atoms with E-state index in [2.05, 4.69) is 26.3 Å². The van der Waals surface area contributed by atoms with Crippen LogP contribution < -0.4 is 10.2 Å². The third-order valence-corrected chi connectivity index (χ3v) is 3.74. The van der Waals surface area contributed by atoms with Crippen molar-refractivity contribution in [1.82, 2.24) is 9.97 Å². The summed E-state index contributed by atoms with van der Waals surface area (Å²) in [6.45, 7) is 5.95. The molecule has 1 fully saturated rings. The molecule has 3 rings (SSSR count). The van der Waals surface area contributed by atoms with E-state index in [9.17, 15) is 4.79 Å². The number of nitrogens with one attached hydrogen (secondary N) is 1. The minimum Gasteiger partial charge on any atom is -0.341 e. The molecule has 2 aromatic rings. The molecule has 2 heterocycles. The van der Waals surface area contributed by atoms with Gasteiger partial charge in [0.25, 0.3) is 5.91 Å². The first kappa shape index (κ1) is 14.5. The maximum absolute atomic E-state index is 12.4. The van der Waals surface area contributed by atoms with Gasteiger partial charge in [-0.05, 0) is 56.0 Å². The predicted molar refractivity (Wildman–Crippen MR) is 87.3 cm³/mol. The lowest BCUT2D eigenvalue weighted by Gasteiger charge is -2.15. The lowest BCUT2D eigenvalue weighted by Crippen LogP contribution is -2.22. The topological polar surface area (TPSA) is 58.1 Å². The fraction of sp³-hybridized carbons (Fsp3) is 0.353. The quantitative estimate of drug-likeness (QED) is 0.946. The molecule has 0 atom stereocenters. The molecule has 1 aromatic heterocycles. The maximum Gasteiger partial charge on any atom is 0.274 e. The van der Waals surface area contributed by atoms with Gasteiger partial charge in [-0.15, -0.1) is 0 Å². The van der Waals surface area contributed by atoms with Gasteiger partial charge >= 0.3 is 0 Å². The fourth-order valence-corrected chi connectivity index (χ4v) is 2.79. The van der Waals surface area contributed by atoms with Crippen LogP contribution in [0.4, 0.5) is 11.6 Å². The highest BCUT2D eigenvalue weighted by atomic mass is 16.1. The predicted octanol–water partition coefficient (Wildman–Crippen LogP) is 2.95. The van der Waals surface area contributed by atoms with E-state index in [-0.39, 0.29) is 5.91 Å². The Balaban J connectivity index is 1.78. The Morgan fingerprint density at radius 3 is 2.50 bits per heavy atom. The van der Waals surface area contributed by atoms with Crippen LogP contribution in [0.1, 0.15) is 34.5 Å². The molecule has 5 nitrogen and oxygen atoms in total. The number of aryl methyl sites for hydroxylation is 2. The van der Waals surface area contributed by atoms with Crippen LogP contribution in [0.3, 0.4) is 0 Å². The molecule has 0 saturated carbocycles. The first-order valence-corrected chi connectivity index (χ1v) is 7.59. The van der Waals surface area contributed by atoms with Crippen molar-refractivity contribution >= 4 is 17.5 Å². The van der Waals surface area contributed by atoms with E-state index in [1.54, 1.807) is 12.3 Å². The van der Waals surface area contributed by atoms with E-state index in [1.165, 1.54) is 0 Å². The standard InChI is InChI=1S/C17H20N4O/c1-12-9-13(2)11-14(10-12)19-16(22)15-5-6-18-17(20-15)21-7-3-4-8-21/h5-6,9-11H,3-4,7-8H2,1-2H3,(H,19,22). The van der Waals surface area contributed by atoms with Gasteiger partial charge in [0.15, 0.2) is 0 Å². The number of amides is 1. The molecular weight excluding hydrogens is 276 g/mol. The Bertz CT molecular complexity index is 673. The molecule has 5 heteroatoms. The molecule has 1 amide bonds. The van der Waals surface area contributed by atoms with Crippen molar-refractivity contribution in [2.24, 2.45) is 0 Å². The molecule has 0 unspecified atom stereocenters. The van der Waals surface area contributed by atoms with Crippen molar-refractivity contribution < 1.29 is 4.79 Å². The van der Waals surface area contributed by atoms with E-state index in [4.69, 9.17) is 0 Å². The fourth-order valence-electron chi connectivity index (χ4n) is 2.79. The van der Waals surface area contributed by atoms with Gasteiger partial charge < -0.3 is 10.2 Å². The van der Waals surface area contributed by atoms with Crippen LogP contribution in [0.15, 0.2) is 30.5 Å². The summed E-state index contributed by atoms with van der Waals surface area (Å²) < 4.78 is 0. The van der Waals surface area contributed by atoms with Crippen LogP contribution in [0, 0.1) is 13.8 Å². The van der Waals surface area contributed by atoms with Crippen LogP contribution in [-0.4, -0.2) is 29.0 Å². The summed E-state index contributed by atoms with van der Waals surface area (Å²) in [5, 5.41) is 2.91. The third kappa shape index (κ3) is 3.24. The number of nitrogens with zero attached hydrogens (tertiary/aromatic N) is 3. The number of benzene rings is 1. The lowest BCUT2D eigenvalue weighted by molar-refractivity contribution is 0.102. The largest absolute Gasteiger partial charge is 0.341 e. The van der Waals surface area contributed by atoms with Crippen molar-refractivity contribution in [3.05, 3.63) is 47.3 Å². The smallest absolute Gasteiger partial charge is 0.274 e. The van der Waals surface area contributed by atoms with Gasteiger partial charge in [0.05, 0.1) is 0 Å². The van der Waals surface area contributed by atoms with E-state index in [1.807, 2.05) is 26.0 Å². The summed E-state index contributed by atoms with van der Waals surface area (Å²) in [4.78, 5) is 23.2. The van der Waals surface area contributed by atoms with Crippen LogP contribution in [0.25, 0.3) is 0 Å². The van der Waals surface area contributed by atoms with Crippen molar-refractivity contribution in [2.45, 2.75) is 26.7 Å². The Morgan fingerprint density at radius 1 is 1.14 bits per heavy atom. The summed E-state index contributed by atoms with van der Waals surface area (Å²) in [6, 6.07) is 7.63. The molecular formula is C17H20N4O. The molecule has 1 aliphatic rings. The Labute approximate surface area is 130 Å². The maximum atomic E-state index is 12.4. The van der Waals surface area contributed by atoms with Gasteiger partial charge in [-0.1, -0.05) is 6.07 Å². The van der Waals surface area contributed by atoms with Gasteiger partial charge in [0.1, 0.15) is 5.69 Å². The van der Waals surface area contributed by atoms with Gasteiger partial charge in [-0.2, -0.15) is 0 Å². The molecule has 0 aliphatic carbocycles. The second-order valence-electron chi connectivity index (χ2n) is 5.77. The summed E-state index contributed by atoms with van der Waals surface area (Å²) in [7, 11) is 0. The highest BCUT2D eigenvalue weighted by Gasteiger charge is 2.17. The Morgan fingerprint density at radius 2 is 1.82 bits per heavy atom. The second-order valence-corrected chi connectivity index (χ2v) is 5.77. The van der Waals surface area contributed by atoms with Gasteiger partial charge in [0.2, 0.25) is 5.95 Å². The highest BCUT2D eigenvalue weighted by molar-refractivity contribution is 6.03. The third-order valence-electron chi connectivity index (χ3n) is 3.74. The van der Waals surface area contributed by atoms with Crippen LogP contribution in [-0.2, 0) is 0 Å². The molecule has 0 bridgehead atoms. The van der Waals surface area contributed by atoms with E-state index >= 15 is 0 Å². The van der Waals surface area contributed by atoms with Gasteiger partial charge in [-0.3, -0.25) is 4.79 Å². The normalized spacial score (nSPS) is 14.2. The average molecular weight is 296 g/mol. The number of anilines is 2. The summed E-state index contributed by atoms with van der Waals surface area (Å²) >= 11 is 0. The van der Waals surface area contributed by atoms with E-state index < -0.39 is 0 Å². The van der Waals surface area contributed by atoms with Gasteiger partial charge in [-0.25, -0.2) is 9.97 Å².